The zero-order valence-electron chi connectivity index (χ0n) is 44.7. The van der Waals surface area contributed by atoms with E-state index in [-0.39, 0.29) is 15.6 Å². The summed E-state index contributed by atoms with van der Waals surface area (Å²) in [6, 6.07) is 5.90. The highest BCUT2D eigenvalue weighted by Crippen LogP contribution is 3.01. The molecule has 0 radical (unpaired) electrons. The molecule has 11 aromatic carbocycles. The van der Waals surface area contributed by atoms with Gasteiger partial charge in [0.15, 0.2) is 0 Å². The van der Waals surface area contributed by atoms with Crippen molar-refractivity contribution in [2.24, 2.45) is 17.8 Å². The van der Waals surface area contributed by atoms with Crippen molar-refractivity contribution in [2.75, 3.05) is 0 Å². The molecule has 2 spiro atoms. The van der Waals surface area contributed by atoms with Gasteiger partial charge in [0.25, 0.3) is 0 Å². The summed E-state index contributed by atoms with van der Waals surface area (Å²) in [6.45, 7) is 12.8. The van der Waals surface area contributed by atoms with Crippen LogP contribution in [-0.2, 0) is 22.0 Å². The molecule has 11 aromatic rings. The van der Waals surface area contributed by atoms with E-state index in [9.17, 15) is 0 Å². The van der Waals surface area contributed by atoms with Crippen molar-refractivity contribution in [2.45, 2.75) is 194 Å². The van der Waals surface area contributed by atoms with E-state index in [2.05, 4.69) is 103 Å². The average molecular weight is 1020 g/mol. The maximum atomic E-state index is 2.96. The molecule has 0 N–H and O–H groups in total. The van der Waals surface area contributed by atoms with Crippen LogP contribution in [0.25, 0.3) is 97.3 Å². The highest BCUT2D eigenvalue weighted by molar-refractivity contribution is 8.00. The molecule has 1 heterocycles. The third-order valence-electron chi connectivity index (χ3n) is 33.3. The lowest BCUT2D eigenvalue weighted by atomic mass is 9.39. The summed E-state index contributed by atoms with van der Waals surface area (Å²) in [6.07, 6.45) is 6.66. The van der Waals surface area contributed by atoms with Gasteiger partial charge in [0.1, 0.15) is 0 Å². The SMILES string of the molecule is CCCCC(CC)Cc1cc(C(C)(C)C)cc2c1C13c4c5c6c7c8c9c%10c%11c%12c%13c%14c%15c(c%16c%13c%10c7c4-%16)C1(S2)C1C%15C2c4c7c%10c%13c%15c%16c%17c%18c%19c%20c%21c%22c%23c(c4c4c%22c%19c%16c%104)C2C%14C%12C%23C%21C%11C9C%20C%18C8C6C%17C%15C5C3C%13C71. The molecule has 23 atom stereocenters. The third kappa shape index (κ3) is 2.15. The van der Waals surface area contributed by atoms with Crippen LogP contribution in [0.1, 0.15) is 295 Å². The van der Waals surface area contributed by atoms with E-state index in [0.29, 0.717) is 118 Å². The smallest absolute Gasteiger partial charge is 0.0645 e. The van der Waals surface area contributed by atoms with E-state index >= 15 is 0 Å². The zero-order chi connectivity index (χ0) is 48.5. The van der Waals surface area contributed by atoms with Gasteiger partial charge in [-0.15, -0.1) is 11.8 Å². The first-order chi connectivity index (χ1) is 38.9. The van der Waals surface area contributed by atoms with Crippen molar-refractivity contribution >= 4 is 97.9 Å². The van der Waals surface area contributed by atoms with Crippen LogP contribution in [0, 0.1) is 17.8 Å². The van der Waals surface area contributed by atoms with Gasteiger partial charge in [-0.2, -0.15) is 0 Å². The molecular weight excluding hydrogens is 969 g/mol. The number of hydrogen-bond acceptors (Lipinski definition) is 1. The number of rotatable bonds is 6. The standard InChI is InChI=1S/C78H48S/c1-6-8-9-13(7-2)10-14-11-15(76(3,4)5)12-16-71(14)77-72-63-55-45-35-27-19-17-18-21-25-23(19)31-39-33(25)43-37-29(21)30-22(18)26-24-20(17)28(27)36-42-32(24)40-34(26)44-38(30)48-47(37)59-53(43)61-51(39)57(49(55)41(31)35)65(72)67(61)74-69(59)70-60(48)54(44)62-52(40)58-50(42)56(46(36)45)64(63)73(77)66(58)68(62)75(70)78(74,77)79-16/h11-13,19,21,23,25,27,29,35,37,45-48,56,60,64,66,68,70,73,75H,6-10H2,1-5H3. The average Bonchev–Trinajstić information content (AvgIpc) is 1.40. The first kappa shape index (κ1) is 34.8. The van der Waals surface area contributed by atoms with Gasteiger partial charge in [-0.05, 0) is 367 Å². The van der Waals surface area contributed by atoms with Crippen molar-refractivity contribution in [3.8, 4) is 11.1 Å². The van der Waals surface area contributed by atoms with Crippen molar-refractivity contribution in [3.63, 3.8) is 0 Å². The normalized spacial score (nSPS) is 44.5. The Kier molecular flexibility index (Phi) is 3.74. The number of hydrogen-bond donors (Lipinski definition) is 0. The van der Waals surface area contributed by atoms with Gasteiger partial charge in [0.05, 0.1) is 4.75 Å². The minimum absolute atomic E-state index is 0.00462. The Hall–Kier alpha value is -5.37. The predicted octanol–water partition coefficient (Wildman–Crippen LogP) is 18.6. The first-order valence-electron chi connectivity index (χ1n) is 33.0. The van der Waals surface area contributed by atoms with E-state index in [1.54, 1.807) is 10.5 Å². The van der Waals surface area contributed by atoms with Crippen LogP contribution >= 0.6 is 11.8 Å². The van der Waals surface area contributed by atoms with E-state index in [1.807, 2.05) is 175 Å². The van der Waals surface area contributed by atoms with E-state index < -0.39 is 0 Å². The van der Waals surface area contributed by atoms with E-state index in [0.717, 1.165) is 5.92 Å². The van der Waals surface area contributed by atoms with Gasteiger partial charge in [0.2, 0.25) is 0 Å². The van der Waals surface area contributed by atoms with E-state index in [4.69, 9.17) is 0 Å². The molecule has 1 heteroatoms. The van der Waals surface area contributed by atoms with Gasteiger partial charge in [-0.1, -0.05) is 66.4 Å². The minimum Gasteiger partial charge on any atom is -0.112 e. The van der Waals surface area contributed by atoms with Crippen LogP contribution in [0.15, 0.2) is 17.0 Å². The summed E-state index contributed by atoms with van der Waals surface area (Å²) >= 11 is 2.66. The fourth-order valence-electron chi connectivity index (χ4n) is 33.9. The molecule has 0 aromatic heterocycles. The molecule has 366 valence electrons. The van der Waals surface area contributed by atoms with Gasteiger partial charge < -0.3 is 0 Å². The fourth-order valence-corrected chi connectivity index (χ4v) is 36.1. The third-order valence-corrected chi connectivity index (χ3v) is 34.9. The molecule has 79 heavy (non-hydrogen) atoms. The minimum atomic E-state index is -0.00462. The lowest BCUT2D eigenvalue weighted by Gasteiger charge is -2.65. The van der Waals surface area contributed by atoms with Gasteiger partial charge in [-0.3, -0.25) is 0 Å². The highest BCUT2D eigenvalue weighted by Gasteiger charge is 2.90. The van der Waals surface area contributed by atoms with Crippen LogP contribution in [0.4, 0.5) is 0 Å². The Morgan fingerprint density at radius 3 is 1.19 bits per heavy atom. The molecule has 23 unspecified atom stereocenters. The Morgan fingerprint density at radius 2 is 0.747 bits per heavy atom. The quantitative estimate of drug-likeness (QED) is 0.150. The molecule has 23 aliphatic rings. The molecule has 0 nitrogen and oxygen atoms in total. The first-order valence-corrected chi connectivity index (χ1v) is 33.8. The van der Waals surface area contributed by atoms with Crippen molar-refractivity contribution < 1.29 is 0 Å². The van der Waals surface area contributed by atoms with Crippen molar-refractivity contribution in [1.82, 2.24) is 0 Å². The second kappa shape index (κ2) is 8.48. The summed E-state index contributed by atoms with van der Waals surface area (Å²) in [5, 5.41) is 30.9. The van der Waals surface area contributed by atoms with Crippen LogP contribution in [0.3, 0.4) is 0 Å². The monoisotopic (exact) mass is 1020 g/mol. The summed E-state index contributed by atoms with van der Waals surface area (Å²) in [5.74, 6) is 13.9. The molecule has 22 aliphatic carbocycles. The summed E-state index contributed by atoms with van der Waals surface area (Å²) < 4.78 is 0.0271. The number of benzene rings is 10. The molecule has 1 saturated carbocycles. The van der Waals surface area contributed by atoms with Crippen molar-refractivity contribution in [1.29, 1.82) is 0 Å². The van der Waals surface area contributed by atoms with Crippen LogP contribution in [0.5, 0.6) is 0 Å². The predicted molar refractivity (Wildman–Crippen MR) is 312 cm³/mol. The van der Waals surface area contributed by atoms with Gasteiger partial charge in [0, 0.05) is 10.3 Å². The van der Waals surface area contributed by atoms with Crippen LogP contribution in [0.2, 0.25) is 0 Å². The molecular formula is C78H48S. The second-order valence-corrected chi connectivity index (χ2v) is 35.3. The molecule has 1 aliphatic heterocycles. The maximum absolute atomic E-state index is 2.96. The molecule has 0 saturated heterocycles. The van der Waals surface area contributed by atoms with Gasteiger partial charge >= 0.3 is 0 Å². The van der Waals surface area contributed by atoms with Crippen LogP contribution in [-0.4, -0.2) is 0 Å². The summed E-state index contributed by atoms with van der Waals surface area (Å²) in [4.78, 5) is 1.80. The van der Waals surface area contributed by atoms with E-state index in [1.165, 1.54) is 32.1 Å². The number of thioether (sulfide) groups is 1. The van der Waals surface area contributed by atoms with Crippen LogP contribution < -0.4 is 0 Å². The Morgan fingerprint density at radius 1 is 0.392 bits per heavy atom. The Labute approximate surface area is 457 Å². The molecule has 0 bridgehead atoms. The van der Waals surface area contributed by atoms with Gasteiger partial charge in [-0.25, -0.2) is 0 Å². The fraction of sp³-hybridized carbons (Fsp3) is 0.436. The second-order valence-electron chi connectivity index (χ2n) is 34.0. The maximum Gasteiger partial charge on any atom is 0.0645 e. The Bertz CT molecular complexity index is 5750. The van der Waals surface area contributed by atoms with Crippen molar-refractivity contribution in [3.05, 3.63) is 140 Å². The summed E-state index contributed by atoms with van der Waals surface area (Å²) in [5.41, 5.74) is 50.5. The lowest BCUT2D eigenvalue weighted by molar-refractivity contribution is 0.0336. The Balaban J connectivity index is 0.932. The molecule has 0 amide bonds. The summed E-state index contributed by atoms with van der Waals surface area (Å²) in [7, 11) is 0. The highest BCUT2D eigenvalue weighted by atomic mass is 32.2. The lowest BCUT2D eigenvalue weighted by Crippen LogP contribution is -2.62. The zero-order valence-corrected chi connectivity index (χ0v) is 45.5. The topological polar surface area (TPSA) is 0 Å². The largest absolute Gasteiger partial charge is 0.112 e. The molecule has 1 fully saturated rings. The number of unbranched alkanes of at least 4 members (excludes halogenated alkanes) is 1. The number of fused-ring (bicyclic) bond motifs is 1. The molecule has 34 rings (SSSR count).